The lowest BCUT2D eigenvalue weighted by molar-refractivity contribution is 0.167. The maximum absolute atomic E-state index is 7.26. The van der Waals surface area contributed by atoms with Gasteiger partial charge in [0.2, 0.25) is 0 Å². The Balaban J connectivity index is 1.87. The summed E-state index contributed by atoms with van der Waals surface area (Å²) in [4.78, 5) is 0. The molecule has 0 bridgehead atoms. The Bertz CT molecular complexity index is 356. The van der Waals surface area contributed by atoms with Gasteiger partial charge in [-0.2, -0.15) is 0 Å². The van der Waals surface area contributed by atoms with Crippen LogP contribution >= 0.6 is 0 Å². The zero-order valence-electron chi connectivity index (χ0n) is 9.11. The van der Waals surface area contributed by atoms with Crippen LogP contribution in [-0.2, 0) is 4.74 Å². The zero-order valence-corrected chi connectivity index (χ0v) is 9.11. The van der Waals surface area contributed by atoms with E-state index >= 15 is 0 Å². The second-order valence-electron chi connectivity index (χ2n) is 3.98. The van der Waals surface area contributed by atoms with Gasteiger partial charge in [0.15, 0.2) is 0 Å². The molecule has 4 nitrogen and oxygen atoms in total. The number of nitrogens with one attached hydrogen (secondary N) is 1. The van der Waals surface area contributed by atoms with Crippen molar-refractivity contribution in [1.82, 2.24) is 0 Å². The number of benzene rings is 1. The van der Waals surface area contributed by atoms with Crippen LogP contribution in [0, 0.1) is 11.3 Å². The highest BCUT2D eigenvalue weighted by Gasteiger charge is 2.15. The van der Waals surface area contributed by atoms with Gasteiger partial charge < -0.3 is 15.2 Å². The van der Waals surface area contributed by atoms with Crippen LogP contribution in [0.3, 0.4) is 0 Å². The van der Waals surface area contributed by atoms with Crippen molar-refractivity contribution in [1.29, 1.82) is 5.41 Å². The highest BCUT2D eigenvalue weighted by atomic mass is 16.5. The molecule has 1 unspecified atom stereocenters. The Labute approximate surface area is 94.9 Å². The van der Waals surface area contributed by atoms with Crippen LogP contribution in [0.4, 0.5) is 0 Å². The fourth-order valence-corrected chi connectivity index (χ4v) is 1.66. The molecule has 0 aliphatic carbocycles. The number of ether oxygens (including phenoxy) is 2. The van der Waals surface area contributed by atoms with E-state index in [9.17, 15) is 0 Å². The molecule has 1 aliphatic heterocycles. The lowest BCUT2D eigenvalue weighted by atomic mass is 10.1. The van der Waals surface area contributed by atoms with Gasteiger partial charge in [0.1, 0.15) is 11.6 Å². The molecule has 2 rings (SSSR count). The maximum Gasteiger partial charge on any atom is 0.122 e. The quantitative estimate of drug-likeness (QED) is 0.595. The second kappa shape index (κ2) is 4.99. The van der Waals surface area contributed by atoms with Gasteiger partial charge in [-0.15, -0.1) is 0 Å². The van der Waals surface area contributed by atoms with Crippen molar-refractivity contribution in [3.63, 3.8) is 0 Å². The minimum atomic E-state index is 0.0794. The molecular weight excluding hydrogens is 204 g/mol. The van der Waals surface area contributed by atoms with E-state index in [1.165, 1.54) is 0 Å². The molecule has 1 aliphatic rings. The molecule has 1 atom stereocenters. The third-order valence-electron chi connectivity index (χ3n) is 2.68. The van der Waals surface area contributed by atoms with Crippen LogP contribution in [0.2, 0.25) is 0 Å². The van der Waals surface area contributed by atoms with Gasteiger partial charge in [-0.3, -0.25) is 5.41 Å². The van der Waals surface area contributed by atoms with E-state index in [4.69, 9.17) is 20.6 Å². The van der Waals surface area contributed by atoms with Gasteiger partial charge in [-0.05, 0) is 30.7 Å². The summed E-state index contributed by atoms with van der Waals surface area (Å²) in [5, 5.41) is 7.26. The van der Waals surface area contributed by atoms with Crippen molar-refractivity contribution in [2.24, 2.45) is 11.7 Å². The summed E-state index contributed by atoms with van der Waals surface area (Å²) < 4.78 is 10.9. The van der Waals surface area contributed by atoms with Crippen LogP contribution in [0.5, 0.6) is 5.75 Å². The predicted octanol–water partition coefficient (Wildman–Crippen LogP) is 1.39. The molecule has 3 N–H and O–H groups in total. The van der Waals surface area contributed by atoms with E-state index in [0.717, 1.165) is 30.9 Å². The minimum Gasteiger partial charge on any atom is -0.493 e. The average molecular weight is 220 g/mol. The topological polar surface area (TPSA) is 68.3 Å². The number of hydrogen-bond donors (Lipinski definition) is 2. The summed E-state index contributed by atoms with van der Waals surface area (Å²) in [7, 11) is 0. The third-order valence-corrected chi connectivity index (χ3v) is 2.68. The summed E-state index contributed by atoms with van der Waals surface area (Å²) in [5.74, 6) is 1.40. The molecule has 86 valence electrons. The molecular formula is C12H16N2O2. The number of amidine groups is 1. The fourth-order valence-electron chi connectivity index (χ4n) is 1.66. The summed E-state index contributed by atoms with van der Waals surface area (Å²) in [6.45, 7) is 2.34. The lowest BCUT2D eigenvalue weighted by Crippen LogP contribution is -2.12. The largest absolute Gasteiger partial charge is 0.493 e. The zero-order chi connectivity index (χ0) is 11.4. The van der Waals surface area contributed by atoms with Gasteiger partial charge in [0.25, 0.3) is 0 Å². The summed E-state index contributed by atoms with van der Waals surface area (Å²) in [5.41, 5.74) is 6.08. The molecule has 1 saturated heterocycles. The molecule has 0 saturated carbocycles. The van der Waals surface area contributed by atoms with Crippen LogP contribution in [0.1, 0.15) is 12.0 Å². The second-order valence-corrected chi connectivity index (χ2v) is 3.98. The highest BCUT2D eigenvalue weighted by molar-refractivity contribution is 5.94. The van der Waals surface area contributed by atoms with Crippen molar-refractivity contribution in [3.8, 4) is 5.75 Å². The van der Waals surface area contributed by atoms with Crippen molar-refractivity contribution >= 4 is 5.84 Å². The fraction of sp³-hybridized carbons (Fsp3) is 0.417. The first-order chi connectivity index (χ1) is 7.75. The van der Waals surface area contributed by atoms with Crippen LogP contribution in [-0.4, -0.2) is 25.7 Å². The maximum atomic E-state index is 7.26. The lowest BCUT2D eigenvalue weighted by Gasteiger charge is -2.10. The van der Waals surface area contributed by atoms with Crippen molar-refractivity contribution in [2.45, 2.75) is 6.42 Å². The molecule has 1 aromatic rings. The Morgan fingerprint density at radius 3 is 2.75 bits per heavy atom. The Morgan fingerprint density at radius 2 is 2.19 bits per heavy atom. The Morgan fingerprint density at radius 1 is 1.44 bits per heavy atom. The van der Waals surface area contributed by atoms with Crippen LogP contribution in [0.15, 0.2) is 24.3 Å². The van der Waals surface area contributed by atoms with E-state index in [1.54, 1.807) is 12.1 Å². The van der Waals surface area contributed by atoms with Gasteiger partial charge in [0, 0.05) is 18.1 Å². The smallest absolute Gasteiger partial charge is 0.122 e. The van der Waals surface area contributed by atoms with E-state index in [-0.39, 0.29) is 5.84 Å². The normalized spacial score (nSPS) is 19.6. The predicted molar refractivity (Wildman–Crippen MR) is 61.9 cm³/mol. The monoisotopic (exact) mass is 220 g/mol. The number of nitrogen functional groups attached to an aromatic ring is 1. The first-order valence-corrected chi connectivity index (χ1v) is 5.40. The van der Waals surface area contributed by atoms with Crippen molar-refractivity contribution in [2.75, 3.05) is 19.8 Å². The molecule has 0 aromatic heterocycles. The first kappa shape index (κ1) is 11.0. The molecule has 0 radical (unpaired) electrons. The number of nitrogens with two attached hydrogens (primary N) is 1. The molecule has 16 heavy (non-hydrogen) atoms. The Kier molecular flexibility index (Phi) is 3.41. The third kappa shape index (κ3) is 2.73. The molecule has 1 heterocycles. The summed E-state index contributed by atoms with van der Waals surface area (Å²) >= 11 is 0. The standard InChI is InChI=1S/C12H16N2O2/c13-12(14)10-1-3-11(4-2-10)16-8-9-5-6-15-7-9/h1-4,9H,5-8H2,(H3,13,14). The highest BCUT2D eigenvalue weighted by Crippen LogP contribution is 2.16. The molecule has 0 spiro atoms. The van der Waals surface area contributed by atoms with E-state index in [2.05, 4.69) is 0 Å². The van der Waals surface area contributed by atoms with Gasteiger partial charge >= 0.3 is 0 Å². The molecule has 1 fully saturated rings. The van der Waals surface area contributed by atoms with Crippen LogP contribution in [0.25, 0.3) is 0 Å². The van der Waals surface area contributed by atoms with E-state index in [0.29, 0.717) is 12.5 Å². The average Bonchev–Trinajstić information content (AvgIpc) is 2.80. The van der Waals surface area contributed by atoms with Gasteiger partial charge in [0.05, 0.1) is 13.2 Å². The van der Waals surface area contributed by atoms with Gasteiger partial charge in [-0.25, -0.2) is 0 Å². The van der Waals surface area contributed by atoms with E-state index < -0.39 is 0 Å². The summed E-state index contributed by atoms with van der Waals surface area (Å²) in [6.07, 6.45) is 1.07. The summed E-state index contributed by atoms with van der Waals surface area (Å²) in [6, 6.07) is 7.27. The number of hydrogen-bond acceptors (Lipinski definition) is 3. The van der Waals surface area contributed by atoms with Crippen molar-refractivity contribution < 1.29 is 9.47 Å². The van der Waals surface area contributed by atoms with Gasteiger partial charge in [-0.1, -0.05) is 0 Å². The minimum absolute atomic E-state index is 0.0794. The Hall–Kier alpha value is -1.55. The SMILES string of the molecule is N=C(N)c1ccc(OCC2CCOC2)cc1. The molecule has 0 amide bonds. The van der Waals surface area contributed by atoms with E-state index in [1.807, 2.05) is 12.1 Å². The number of rotatable bonds is 4. The molecule has 1 aromatic carbocycles. The first-order valence-electron chi connectivity index (χ1n) is 5.40. The van der Waals surface area contributed by atoms with Crippen LogP contribution < -0.4 is 10.5 Å². The van der Waals surface area contributed by atoms with Crippen molar-refractivity contribution in [3.05, 3.63) is 29.8 Å². The molecule has 4 heteroatoms.